The normalized spacial score (nSPS) is 19.6. The molecule has 2 N–H and O–H groups in total. The number of aromatic nitrogens is 2. The van der Waals surface area contributed by atoms with E-state index in [1.165, 1.54) is 12.1 Å². The van der Waals surface area contributed by atoms with Crippen molar-refractivity contribution in [3.8, 4) is 0 Å². The number of hydrogen-bond donors (Lipinski definition) is 1. The summed E-state index contributed by atoms with van der Waals surface area (Å²) in [6.07, 6.45) is 4.10. The lowest BCUT2D eigenvalue weighted by Crippen LogP contribution is -2.36. The number of primary amides is 1. The average molecular weight is 304 g/mol. The van der Waals surface area contributed by atoms with Gasteiger partial charge in [-0.15, -0.1) is 0 Å². The zero-order valence-corrected chi connectivity index (χ0v) is 12.8. The van der Waals surface area contributed by atoms with E-state index in [1.807, 2.05) is 10.9 Å². The van der Waals surface area contributed by atoms with Crippen LogP contribution in [0.15, 0.2) is 18.3 Å². The molecule has 6 heteroatoms. The summed E-state index contributed by atoms with van der Waals surface area (Å²) in [5.74, 6) is -0.835. The summed E-state index contributed by atoms with van der Waals surface area (Å²) >= 11 is 0. The molecule has 0 radical (unpaired) electrons. The third kappa shape index (κ3) is 2.97. The van der Waals surface area contributed by atoms with E-state index < -0.39 is 5.91 Å². The van der Waals surface area contributed by atoms with Crippen LogP contribution in [0.2, 0.25) is 0 Å². The van der Waals surface area contributed by atoms with Gasteiger partial charge >= 0.3 is 0 Å². The van der Waals surface area contributed by atoms with E-state index >= 15 is 0 Å². The summed E-state index contributed by atoms with van der Waals surface area (Å²) in [5.41, 5.74) is 6.48. The lowest BCUT2D eigenvalue weighted by molar-refractivity contribution is -0.117. The van der Waals surface area contributed by atoms with Gasteiger partial charge in [-0.1, -0.05) is 6.92 Å². The van der Waals surface area contributed by atoms with Crippen molar-refractivity contribution in [1.82, 2.24) is 14.7 Å². The zero-order valence-electron chi connectivity index (χ0n) is 12.8. The van der Waals surface area contributed by atoms with Crippen LogP contribution in [0.25, 0.3) is 10.9 Å². The second kappa shape index (κ2) is 6.04. The maximum atomic E-state index is 13.7. The van der Waals surface area contributed by atoms with E-state index in [2.05, 4.69) is 16.9 Å². The molecule has 1 aromatic carbocycles. The number of halogens is 1. The van der Waals surface area contributed by atoms with Gasteiger partial charge in [-0.25, -0.2) is 4.39 Å². The first-order valence-electron chi connectivity index (χ1n) is 7.74. The highest BCUT2D eigenvalue weighted by atomic mass is 19.1. The second-order valence-corrected chi connectivity index (χ2v) is 5.94. The summed E-state index contributed by atoms with van der Waals surface area (Å²) in [6.45, 7) is 5.26. The van der Waals surface area contributed by atoms with E-state index in [0.717, 1.165) is 37.9 Å². The molecule has 3 rings (SSSR count). The minimum absolute atomic E-state index is 0.0109. The molecule has 0 bridgehead atoms. The summed E-state index contributed by atoms with van der Waals surface area (Å²) < 4.78 is 15.6. The molecule has 5 nitrogen and oxygen atoms in total. The van der Waals surface area contributed by atoms with Crippen LogP contribution in [0.5, 0.6) is 0 Å². The van der Waals surface area contributed by atoms with E-state index in [-0.39, 0.29) is 12.2 Å². The molecule has 118 valence electrons. The number of nitrogens with zero attached hydrogens (tertiary/aromatic N) is 3. The Bertz CT molecular complexity index is 697. The predicted molar refractivity (Wildman–Crippen MR) is 83.0 cm³/mol. The fourth-order valence-electron chi connectivity index (χ4n) is 3.23. The number of carbonyl (C=O) groups excluding carboxylic acids is 1. The van der Waals surface area contributed by atoms with Gasteiger partial charge in [-0.3, -0.25) is 9.48 Å². The monoisotopic (exact) mass is 304 g/mol. The van der Waals surface area contributed by atoms with Crippen LogP contribution >= 0.6 is 0 Å². The summed E-state index contributed by atoms with van der Waals surface area (Å²) in [7, 11) is 0. The first-order valence-corrected chi connectivity index (χ1v) is 7.74. The number of rotatable bonds is 4. The molecular weight excluding hydrogens is 283 g/mol. The highest BCUT2D eigenvalue weighted by Gasteiger charge is 2.22. The molecule has 0 aliphatic carbocycles. The Morgan fingerprint density at radius 3 is 3.05 bits per heavy atom. The van der Waals surface area contributed by atoms with Gasteiger partial charge in [0, 0.05) is 18.1 Å². The zero-order chi connectivity index (χ0) is 15.7. The Balaban J connectivity index is 1.96. The minimum Gasteiger partial charge on any atom is -0.369 e. The van der Waals surface area contributed by atoms with Crippen molar-refractivity contribution in [3.05, 3.63) is 29.7 Å². The van der Waals surface area contributed by atoms with Gasteiger partial charge in [0.1, 0.15) is 5.82 Å². The first kappa shape index (κ1) is 15.0. The van der Waals surface area contributed by atoms with Gasteiger partial charge in [0.05, 0.1) is 18.0 Å². The summed E-state index contributed by atoms with van der Waals surface area (Å²) in [6, 6.07) is 3.11. The Morgan fingerprint density at radius 1 is 1.50 bits per heavy atom. The molecule has 0 saturated carbocycles. The van der Waals surface area contributed by atoms with Gasteiger partial charge in [0.15, 0.2) is 0 Å². The van der Waals surface area contributed by atoms with Crippen molar-refractivity contribution >= 4 is 16.8 Å². The topological polar surface area (TPSA) is 64.2 Å². The van der Waals surface area contributed by atoms with Gasteiger partial charge < -0.3 is 10.6 Å². The van der Waals surface area contributed by atoms with Crippen molar-refractivity contribution in [2.75, 3.05) is 19.6 Å². The smallest absolute Gasteiger partial charge is 0.221 e. The fourth-order valence-corrected chi connectivity index (χ4v) is 3.23. The molecule has 1 amide bonds. The van der Waals surface area contributed by atoms with Crippen LogP contribution in [0, 0.1) is 5.82 Å². The number of benzene rings is 1. The second-order valence-electron chi connectivity index (χ2n) is 5.94. The van der Waals surface area contributed by atoms with Gasteiger partial charge in [-0.05, 0) is 43.6 Å². The third-order valence-electron chi connectivity index (χ3n) is 4.34. The number of amides is 1. The number of piperidine rings is 1. The minimum atomic E-state index is -0.476. The molecule has 1 aliphatic heterocycles. The maximum absolute atomic E-state index is 13.7. The van der Waals surface area contributed by atoms with E-state index in [0.29, 0.717) is 17.1 Å². The van der Waals surface area contributed by atoms with E-state index in [4.69, 9.17) is 5.73 Å². The highest BCUT2D eigenvalue weighted by molar-refractivity contribution is 5.87. The molecule has 2 aromatic rings. The quantitative estimate of drug-likeness (QED) is 0.937. The molecule has 22 heavy (non-hydrogen) atoms. The molecule has 1 saturated heterocycles. The SMILES string of the molecule is CCN1CCCC(n2cc3cc(F)cc(CC(N)=O)c3n2)C1. The number of likely N-dealkylation sites (tertiary alicyclic amines) is 1. The molecule has 2 heterocycles. The van der Waals surface area contributed by atoms with Crippen LogP contribution in [-0.4, -0.2) is 40.2 Å². The van der Waals surface area contributed by atoms with Crippen molar-refractivity contribution < 1.29 is 9.18 Å². The number of hydrogen-bond acceptors (Lipinski definition) is 3. The van der Waals surface area contributed by atoms with E-state index in [9.17, 15) is 9.18 Å². The highest BCUT2D eigenvalue weighted by Crippen LogP contribution is 2.25. The molecule has 1 unspecified atom stereocenters. The Labute approximate surface area is 128 Å². The molecule has 1 fully saturated rings. The Hall–Kier alpha value is -1.95. The fraction of sp³-hybridized carbons (Fsp3) is 0.500. The molecular formula is C16H21FN4O. The maximum Gasteiger partial charge on any atom is 0.221 e. The van der Waals surface area contributed by atoms with Gasteiger partial charge in [0.25, 0.3) is 0 Å². The molecule has 0 spiro atoms. The Kier molecular flexibility index (Phi) is 4.11. The van der Waals surface area contributed by atoms with Crippen molar-refractivity contribution in [2.24, 2.45) is 5.73 Å². The molecule has 1 aromatic heterocycles. The van der Waals surface area contributed by atoms with E-state index in [1.54, 1.807) is 0 Å². The van der Waals surface area contributed by atoms with Crippen molar-refractivity contribution in [3.63, 3.8) is 0 Å². The summed E-state index contributed by atoms with van der Waals surface area (Å²) in [5, 5.41) is 5.34. The number of fused-ring (bicyclic) bond motifs is 1. The van der Waals surface area contributed by atoms with Crippen LogP contribution in [-0.2, 0) is 11.2 Å². The first-order chi connectivity index (χ1) is 10.6. The number of carbonyl (C=O) groups is 1. The van der Waals surface area contributed by atoms with Gasteiger partial charge in [0.2, 0.25) is 5.91 Å². The standard InChI is InChI=1S/C16H21FN4O/c1-2-20-5-3-4-14(10-20)21-9-12-7-13(17)6-11(8-15(18)22)16(12)19-21/h6-7,9,14H,2-5,8,10H2,1H3,(H2,18,22). The summed E-state index contributed by atoms with van der Waals surface area (Å²) in [4.78, 5) is 13.6. The van der Waals surface area contributed by atoms with Crippen LogP contribution < -0.4 is 5.73 Å². The third-order valence-corrected chi connectivity index (χ3v) is 4.34. The van der Waals surface area contributed by atoms with Crippen LogP contribution in [0.4, 0.5) is 4.39 Å². The number of likely N-dealkylation sites (N-methyl/N-ethyl adjacent to an activating group) is 1. The molecule has 1 aliphatic rings. The van der Waals surface area contributed by atoms with Crippen molar-refractivity contribution in [1.29, 1.82) is 0 Å². The Morgan fingerprint density at radius 2 is 2.32 bits per heavy atom. The lowest BCUT2D eigenvalue weighted by Gasteiger charge is -2.31. The van der Waals surface area contributed by atoms with Crippen LogP contribution in [0.1, 0.15) is 31.4 Å². The largest absolute Gasteiger partial charge is 0.369 e. The van der Waals surface area contributed by atoms with Crippen LogP contribution in [0.3, 0.4) is 0 Å². The predicted octanol–water partition coefficient (Wildman–Crippen LogP) is 1.86. The number of nitrogens with two attached hydrogens (primary N) is 1. The van der Waals surface area contributed by atoms with Gasteiger partial charge in [-0.2, -0.15) is 5.10 Å². The van der Waals surface area contributed by atoms with Crippen molar-refractivity contribution in [2.45, 2.75) is 32.2 Å². The average Bonchev–Trinajstić information content (AvgIpc) is 2.90. The molecule has 1 atom stereocenters. The lowest BCUT2D eigenvalue weighted by atomic mass is 10.1.